The first kappa shape index (κ1) is 17.2. The van der Waals surface area contributed by atoms with Gasteiger partial charge in [-0.15, -0.1) is 0 Å². The lowest BCUT2D eigenvalue weighted by Gasteiger charge is -2.12. The smallest absolute Gasteiger partial charge is 0.195 e. The predicted molar refractivity (Wildman–Crippen MR) is 96.8 cm³/mol. The summed E-state index contributed by atoms with van der Waals surface area (Å²) in [6, 6.07) is 16.4. The molecule has 0 aliphatic rings. The Labute approximate surface area is 147 Å². The zero-order chi connectivity index (χ0) is 17.9. The lowest BCUT2D eigenvalue weighted by Crippen LogP contribution is -2.07. The first-order valence-electron chi connectivity index (χ1n) is 7.92. The second-order valence-corrected chi connectivity index (χ2v) is 7.74. The Bertz CT molecular complexity index is 982. The van der Waals surface area contributed by atoms with E-state index in [1.54, 1.807) is 20.1 Å². The van der Waals surface area contributed by atoms with Crippen molar-refractivity contribution in [3.05, 3.63) is 60.2 Å². The van der Waals surface area contributed by atoms with Gasteiger partial charge in [0.25, 0.3) is 0 Å². The molecule has 0 saturated heterocycles. The minimum atomic E-state index is -3.41. The largest absolute Gasteiger partial charge is 0.497 e. The Kier molecular flexibility index (Phi) is 4.90. The molecule has 3 rings (SSSR count). The summed E-state index contributed by atoms with van der Waals surface area (Å²) >= 11 is 0. The molecule has 0 aliphatic heterocycles. The molecule has 0 amide bonds. The number of fused-ring (bicyclic) bond motifs is 1. The number of pyridine rings is 1. The van der Waals surface area contributed by atoms with Gasteiger partial charge in [0.2, 0.25) is 0 Å². The van der Waals surface area contributed by atoms with Crippen LogP contribution in [0.25, 0.3) is 10.9 Å². The molecule has 1 heterocycles. The van der Waals surface area contributed by atoms with E-state index in [1.807, 2.05) is 42.5 Å². The monoisotopic (exact) mass is 357 g/mol. The molecule has 25 heavy (non-hydrogen) atoms. The van der Waals surface area contributed by atoms with E-state index >= 15 is 0 Å². The van der Waals surface area contributed by atoms with E-state index in [4.69, 9.17) is 9.47 Å². The summed E-state index contributed by atoms with van der Waals surface area (Å²) in [6.45, 7) is 1.92. The van der Waals surface area contributed by atoms with Crippen molar-refractivity contribution < 1.29 is 17.9 Å². The van der Waals surface area contributed by atoms with Gasteiger partial charge in [0.1, 0.15) is 18.1 Å². The molecule has 0 saturated carbocycles. The first-order chi connectivity index (χ1) is 12.0. The fraction of sp³-hybridized carbons (Fsp3) is 0.211. The molecular weight excluding hydrogens is 338 g/mol. The van der Waals surface area contributed by atoms with Gasteiger partial charge in [0, 0.05) is 11.5 Å². The summed E-state index contributed by atoms with van der Waals surface area (Å²) in [5.41, 5.74) is 1.56. The zero-order valence-electron chi connectivity index (χ0n) is 14.1. The molecule has 0 radical (unpaired) electrons. The summed E-state index contributed by atoms with van der Waals surface area (Å²) in [5, 5.41) is 0.824. The number of rotatable bonds is 6. The van der Waals surface area contributed by atoms with Gasteiger partial charge in [-0.3, -0.25) is 0 Å². The summed E-state index contributed by atoms with van der Waals surface area (Å²) in [7, 11) is -1.80. The van der Waals surface area contributed by atoms with E-state index in [-0.39, 0.29) is 10.8 Å². The molecule has 0 atom stereocenters. The lowest BCUT2D eigenvalue weighted by atomic mass is 10.2. The SMILES string of the molecule is CCS(=O)(=O)c1cc(OCc2ccc(OC)cc2)c2ccccc2n1. The number of benzene rings is 2. The van der Waals surface area contributed by atoms with Crippen LogP contribution in [0.4, 0.5) is 0 Å². The molecule has 0 bridgehead atoms. The third kappa shape index (κ3) is 3.74. The van der Waals surface area contributed by atoms with Gasteiger partial charge in [0.15, 0.2) is 14.9 Å². The lowest BCUT2D eigenvalue weighted by molar-refractivity contribution is 0.308. The van der Waals surface area contributed by atoms with Crippen molar-refractivity contribution in [2.24, 2.45) is 0 Å². The standard InChI is InChI=1S/C19H19NO4S/c1-3-25(21,22)19-12-18(16-6-4-5-7-17(16)20-19)24-13-14-8-10-15(23-2)11-9-14/h4-12H,3,13H2,1-2H3. The van der Waals surface area contributed by atoms with Crippen molar-refractivity contribution in [3.8, 4) is 11.5 Å². The number of hydrogen-bond acceptors (Lipinski definition) is 5. The van der Waals surface area contributed by atoms with E-state index in [9.17, 15) is 8.42 Å². The molecule has 3 aromatic rings. The van der Waals surface area contributed by atoms with Crippen LogP contribution < -0.4 is 9.47 Å². The van der Waals surface area contributed by atoms with Crippen LogP contribution >= 0.6 is 0 Å². The normalized spacial score (nSPS) is 11.4. The third-order valence-corrected chi connectivity index (χ3v) is 5.51. The number of methoxy groups -OCH3 is 1. The van der Waals surface area contributed by atoms with Crippen molar-refractivity contribution in [1.82, 2.24) is 4.98 Å². The van der Waals surface area contributed by atoms with Crippen molar-refractivity contribution in [2.45, 2.75) is 18.6 Å². The fourth-order valence-electron chi connectivity index (χ4n) is 2.43. The number of hydrogen-bond donors (Lipinski definition) is 0. The Morgan fingerprint density at radius 1 is 1.04 bits per heavy atom. The summed E-state index contributed by atoms with van der Waals surface area (Å²) < 4.78 is 35.5. The number of ether oxygens (including phenoxy) is 2. The van der Waals surface area contributed by atoms with Gasteiger partial charge in [-0.1, -0.05) is 31.2 Å². The topological polar surface area (TPSA) is 65.5 Å². The summed E-state index contributed by atoms with van der Waals surface area (Å²) in [5.74, 6) is 1.28. The van der Waals surface area contributed by atoms with Gasteiger partial charge in [-0.05, 0) is 29.8 Å². The third-order valence-electron chi connectivity index (χ3n) is 3.91. The Balaban J connectivity index is 1.96. The zero-order valence-corrected chi connectivity index (χ0v) is 14.9. The van der Waals surface area contributed by atoms with E-state index in [0.717, 1.165) is 16.7 Å². The van der Waals surface area contributed by atoms with Crippen molar-refractivity contribution in [3.63, 3.8) is 0 Å². The molecule has 5 nitrogen and oxygen atoms in total. The quantitative estimate of drug-likeness (QED) is 0.674. The molecule has 6 heteroatoms. The predicted octanol–water partition coefficient (Wildman–Crippen LogP) is 3.62. The van der Waals surface area contributed by atoms with Crippen molar-refractivity contribution >= 4 is 20.7 Å². The van der Waals surface area contributed by atoms with E-state index in [2.05, 4.69) is 4.98 Å². The van der Waals surface area contributed by atoms with Crippen LogP contribution in [0, 0.1) is 0 Å². The fourth-order valence-corrected chi connectivity index (χ4v) is 3.25. The van der Waals surface area contributed by atoms with Gasteiger partial charge >= 0.3 is 0 Å². The van der Waals surface area contributed by atoms with Crippen LogP contribution in [0.3, 0.4) is 0 Å². The average molecular weight is 357 g/mol. The Hall–Kier alpha value is -2.60. The average Bonchev–Trinajstić information content (AvgIpc) is 2.66. The van der Waals surface area contributed by atoms with Crippen LogP contribution in [0.2, 0.25) is 0 Å². The number of nitrogens with zero attached hydrogens (tertiary/aromatic N) is 1. The highest BCUT2D eigenvalue weighted by molar-refractivity contribution is 7.91. The number of sulfone groups is 1. The molecular formula is C19H19NO4S. The highest BCUT2D eigenvalue weighted by Gasteiger charge is 2.17. The Morgan fingerprint density at radius 3 is 2.44 bits per heavy atom. The minimum absolute atomic E-state index is 0.00371. The molecule has 2 aromatic carbocycles. The van der Waals surface area contributed by atoms with Crippen LogP contribution in [-0.4, -0.2) is 26.3 Å². The van der Waals surface area contributed by atoms with Crippen LogP contribution in [0.1, 0.15) is 12.5 Å². The highest BCUT2D eigenvalue weighted by atomic mass is 32.2. The maximum absolute atomic E-state index is 12.2. The molecule has 0 unspecified atom stereocenters. The Morgan fingerprint density at radius 2 is 1.76 bits per heavy atom. The van der Waals surface area contributed by atoms with E-state index in [1.165, 1.54) is 6.07 Å². The minimum Gasteiger partial charge on any atom is -0.497 e. The van der Waals surface area contributed by atoms with Crippen LogP contribution in [0.15, 0.2) is 59.6 Å². The summed E-state index contributed by atoms with van der Waals surface area (Å²) in [4.78, 5) is 4.27. The van der Waals surface area contributed by atoms with Gasteiger partial charge in [-0.25, -0.2) is 13.4 Å². The van der Waals surface area contributed by atoms with Crippen molar-refractivity contribution in [2.75, 3.05) is 12.9 Å². The molecule has 0 spiro atoms. The first-order valence-corrected chi connectivity index (χ1v) is 9.57. The summed E-state index contributed by atoms with van der Waals surface area (Å²) in [6.07, 6.45) is 0. The molecule has 0 N–H and O–H groups in total. The molecule has 0 aliphatic carbocycles. The highest BCUT2D eigenvalue weighted by Crippen LogP contribution is 2.28. The van der Waals surface area contributed by atoms with Crippen LogP contribution in [0.5, 0.6) is 11.5 Å². The molecule has 130 valence electrons. The number of aromatic nitrogens is 1. The van der Waals surface area contributed by atoms with Crippen LogP contribution in [-0.2, 0) is 16.4 Å². The van der Waals surface area contributed by atoms with E-state index in [0.29, 0.717) is 17.9 Å². The van der Waals surface area contributed by atoms with Gasteiger partial charge in [0.05, 0.1) is 18.4 Å². The van der Waals surface area contributed by atoms with Crippen molar-refractivity contribution in [1.29, 1.82) is 0 Å². The van der Waals surface area contributed by atoms with Gasteiger partial charge < -0.3 is 9.47 Å². The maximum atomic E-state index is 12.2. The van der Waals surface area contributed by atoms with Gasteiger partial charge in [-0.2, -0.15) is 0 Å². The maximum Gasteiger partial charge on any atom is 0.195 e. The van der Waals surface area contributed by atoms with E-state index < -0.39 is 9.84 Å². The molecule has 0 fully saturated rings. The second kappa shape index (κ2) is 7.11. The second-order valence-electron chi connectivity index (χ2n) is 5.52. The molecule has 1 aromatic heterocycles. The number of para-hydroxylation sites is 1.